The zero-order chi connectivity index (χ0) is 7.40. The van der Waals surface area contributed by atoms with Gasteiger partial charge in [-0.25, -0.2) is 0 Å². The summed E-state index contributed by atoms with van der Waals surface area (Å²) in [7, 11) is 0. The van der Waals surface area contributed by atoms with E-state index in [9.17, 15) is 0 Å². The molecule has 0 aliphatic carbocycles. The Morgan fingerprint density at radius 2 is 2.50 bits per heavy atom. The molecule has 0 radical (unpaired) electrons. The Hall–Kier alpha value is -0.340. The number of rotatable bonds is 2. The molecular formula is C8H15NO. The molecule has 58 valence electrons. The molecule has 0 bridgehead atoms. The van der Waals surface area contributed by atoms with Gasteiger partial charge < -0.3 is 10.4 Å². The van der Waals surface area contributed by atoms with Crippen LogP contribution < -0.4 is 5.32 Å². The van der Waals surface area contributed by atoms with Crippen LogP contribution in [0.25, 0.3) is 0 Å². The van der Waals surface area contributed by atoms with Gasteiger partial charge in [0.2, 0.25) is 0 Å². The molecule has 10 heavy (non-hydrogen) atoms. The van der Waals surface area contributed by atoms with Crippen LogP contribution in [-0.2, 0) is 0 Å². The van der Waals surface area contributed by atoms with Crippen LogP contribution in [0, 0.1) is 5.92 Å². The van der Waals surface area contributed by atoms with Crippen molar-refractivity contribution in [1.29, 1.82) is 0 Å². The molecule has 0 unspecified atom stereocenters. The van der Waals surface area contributed by atoms with Crippen molar-refractivity contribution >= 4 is 0 Å². The fraction of sp³-hybridized carbons (Fsp3) is 0.750. The zero-order valence-electron chi connectivity index (χ0n) is 6.21. The molecule has 2 heteroatoms. The number of piperidine rings is 1. The summed E-state index contributed by atoms with van der Waals surface area (Å²) in [4.78, 5) is 0. The molecule has 1 saturated heterocycles. The molecule has 0 aromatic heterocycles. The van der Waals surface area contributed by atoms with Crippen molar-refractivity contribution < 1.29 is 5.11 Å². The summed E-state index contributed by atoms with van der Waals surface area (Å²) in [6.45, 7) is 5.00. The lowest BCUT2D eigenvalue weighted by atomic mass is 9.92. The number of aliphatic hydroxyl groups is 1. The SMILES string of the molecule is C=C[C@@H]1CCCN[C@@H]1CO. The van der Waals surface area contributed by atoms with Crippen LogP contribution in [-0.4, -0.2) is 24.3 Å². The molecule has 1 aliphatic rings. The van der Waals surface area contributed by atoms with Crippen molar-refractivity contribution in [1.82, 2.24) is 5.32 Å². The van der Waals surface area contributed by atoms with Gasteiger partial charge in [-0.15, -0.1) is 6.58 Å². The van der Waals surface area contributed by atoms with E-state index in [4.69, 9.17) is 5.11 Å². The third kappa shape index (κ3) is 1.58. The van der Waals surface area contributed by atoms with Gasteiger partial charge in [0.05, 0.1) is 6.61 Å². The lowest BCUT2D eigenvalue weighted by Gasteiger charge is -2.28. The minimum Gasteiger partial charge on any atom is -0.395 e. The quantitative estimate of drug-likeness (QED) is 0.550. The van der Waals surface area contributed by atoms with Crippen molar-refractivity contribution in [3.8, 4) is 0 Å². The normalized spacial score (nSPS) is 33.7. The molecule has 0 saturated carbocycles. The van der Waals surface area contributed by atoms with Crippen molar-refractivity contribution in [3.63, 3.8) is 0 Å². The van der Waals surface area contributed by atoms with E-state index in [0.717, 1.165) is 6.54 Å². The van der Waals surface area contributed by atoms with Crippen molar-refractivity contribution in [2.45, 2.75) is 18.9 Å². The summed E-state index contributed by atoms with van der Waals surface area (Å²) in [6, 6.07) is 0.256. The molecule has 0 aromatic rings. The van der Waals surface area contributed by atoms with Gasteiger partial charge in [0.1, 0.15) is 0 Å². The Bertz CT molecular complexity index is 114. The first-order chi connectivity index (χ1) is 4.88. The third-order valence-corrected chi connectivity index (χ3v) is 2.14. The van der Waals surface area contributed by atoms with E-state index in [1.807, 2.05) is 6.08 Å². The van der Waals surface area contributed by atoms with Crippen LogP contribution in [0.15, 0.2) is 12.7 Å². The molecule has 1 heterocycles. The molecular weight excluding hydrogens is 126 g/mol. The average Bonchev–Trinajstić information content (AvgIpc) is 2.04. The smallest absolute Gasteiger partial charge is 0.0590 e. The maximum Gasteiger partial charge on any atom is 0.0590 e. The number of aliphatic hydroxyl groups excluding tert-OH is 1. The summed E-state index contributed by atoms with van der Waals surface area (Å²) < 4.78 is 0. The maximum atomic E-state index is 8.88. The van der Waals surface area contributed by atoms with Crippen LogP contribution >= 0.6 is 0 Å². The monoisotopic (exact) mass is 141 g/mol. The van der Waals surface area contributed by atoms with Gasteiger partial charge in [-0.1, -0.05) is 6.08 Å². The van der Waals surface area contributed by atoms with Gasteiger partial charge in [-0.3, -0.25) is 0 Å². The Labute approximate surface area is 61.9 Å². The average molecular weight is 141 g/mol. The first kappa shape index (κ1) is 7.76. The lowest BCUT2D eigenvalue weighted by Crippen LogP contribution is -2.42. The zero-order valence-corrected chi connectivity index (χ0v) is 6.21. The van der Waals surface area contributed by atoms with Crippen LogP contribution in [0.1, 0.15) is 12.8 Å². The van der Waals surface area contributed by atoms with Crippen LogP contribution in [0.2, 0.25) is 0 Å². The first-order valence-electron chi connectivity index (χ1n) is 3.85. The molecule has 2 N–H and O–H groups in total. The van der Waals surface area contributed by atoms with Crippen molar-refractivity contribution in [3.05, 3.63) is 12.7 Å². The van der Waals surface area contributed by atoms with Crippen LogP contribution in [0.5, 0.6) is 0 Å². The minimum absolute atomic E-state index is 0.233. The molecule has 2 atom stereocenters. The highest BCUT2D eigenvalue weighted by Crippen LogP contribution is 2.16. The Morgan fingerprint density at radius 3 is 3.00 bits per heavy atom. The largest absolute Gasteiger partial charge is 0.395 e. The molecule has 1 fully saturated rings. The molecule has 0 aromatic carbocycles. The highest BCUT2D eigenvalue weighted by molar-refractivity contribution is 4.91. The standard InChI is InChI=1S/C8H15NO/c1-2-7-4-3-5-9-8(7)6-10/h2,7-10H,1,3-6H2/t7-,8-/m1/s1. The summed E-state index contributed by atoms with van der Waals surface area (Å²) in [5.74, 6) is 0.471. The highest BCUT2D eigenvalue weighted by atomic mass is 16.3. The van der Waals surface area contributed by atoms with E-state index in [0.29, 0.717) is 5.92 Å². The van der Waals surface area contributed by atoms with Gasteiger partial charge in [-0.2, -0.15) is 0 Å². The van der Waals surface area contributed by atoms with Crippen LogP contribution in [0.4, 0.5) is 0 Å². The second kappa shape index (κ2) is 3.74. The van der Waals surface area contributed by atoms with Gasteiger partial charge in [0, 0.05) is 6.04 Å². The van der Waals surface area contributed by atoms with E-state index in [1.165, 1.54) is 12.8 Å². The fourth-order valence-corrected chi connectivity index (χ4v) is 1.46. The minimum atomic E-state index is 0.233. The summed E-state index contributed by atoms with van der Waals surface area (Å²) in [5.41, 5.74) is 0. The fourth-order valence-electron chi connectivity index (χ4n) is 1.46. The molecule has 2 nitrogen and oxygen atoms in total. The maximum absolute atomic E-state index is 8.88. The summed E-state index contributed by atoms with van der Waals surface area (Å²) >= 11 is 0. The number of hydrogen-bond donors (Lipinski definition) is 2. The molecule has 1 rings (SSSR count). The lowest BCUT2D eigenvalue weighted by molar-refractivity contribution is 0.192. The second-order valence-corrected chi connectivity index (χ2v) is 2.78. The van der Waals surface area contributed by atoms with E-state index >= 15 is 0 Å². The second-order valence-electron chi connectivity index (χ2n) is 2.78. The highest BCUT2D eigenvalue weighted by Gasteiger charge is 2.20. The van der Waals surface area contributed by atoms with Gasteiger partial charge >= 0.3 is 0 Å². The Balaban J connectivity index is 2.41. The summed E-state index contributed by atoms with van der Waals surface area (Å²) in [6.07, 6.45) is 4.31. The molecule has 0 spiro atoms. The third-order valence-electron chi connectivity index (χ3n) is 2.14. The van der Waals surface area contributed by atoms with Gasteiger partial charge in [0.25, 0.3) is 0 Å². The Kier molecular flexibility index (Phi) is 2.90. The van der Waals surface area contributed by atoms with E-state index in [2.05, 4.69) is 11.9 Å². The van der Waals surface area contributed by atoms with Crippen molar-refractivity contribution in [2.75, 3.05) is 13.2 Å². The first-order valence-corrected chi connectivity index (χ1v) is 3.85. The van der Waals surface area contributed by atoms with Crippen molar-refractivity contribution in [2.24, 2.45) is 5.92 Å². The summed E-state index contributed by atoms with van der Waals surface area (Å²) in [5, 5.41) is 12.1. The number of hydrogen-bond acceptors (Lipinski definition) is 2. The van der Waals surface area contributed by atoms with Crippen LogP contribution in [0.3, 0.4) is 0 Å². The van der Waals surface area contributed by atoms with Gasteiger partial charge in [-0.05, 0) is 25.3 Å². The predicted molar refractivity (Wildman–Crippen MR) is 41.8 cm³/mol. The van der Waals surface area contributed by atoms with Gasteiger partial charge in [0.15, 0.2) is 0 Å². The topological polar surface area (TPSA) is 32.3 Å². The number of nitrogens with one attached hydrogen (secondary N) is 1. The van der Waals surface area contributed by atoms with E-state index < -0.39 is 0 Å². The Morgan fingerprint density at radius 1 is 1.70 bits per heavy atom. The van der Waals surface area contributed by atoms with E-state index in [1.54, 1.807) is 0 Å². The molecule has 1 aliphatic heterocycles. The molecule has 0 amide bonds. The van der Waals surface area contributed by atoms with E-state index in [-0.39, 0.29) is 12.6 Å². The predicted octanol–water partition coefficient (Wildman–Crippen LogP) is 0.533.